The molecular weight excluding hydrogens is 390 g/mol. The molecule has 0 radical (unpaired) electrons. The molecule has 0 atom stereocenters. The molecule has 0 aliphatic carbocycles. The van der Waals surface area contributed by atoms with Gasteiger partial charge in [-0.2, -0.15) is 0 Å². The Bertz CT molecular complexity index is 1070. The van der Waals surface area contributed by atoms with Crippen LogP contribution in [-0.4, -0.2) is 33.1 Å². The molecule has 0 aliphatic heterocycles. The van der Waals surface area contributed by atoms with E-state index in [2.05, 4.69) is 20.7 Å². The van der Waals surface area contributed by atoms with E-state index in [1.165, 1.54) is 4.68 Å². The molecule has 0 spiro atoms. The van der Waals surface area contributed by atoms with Crippen LogP contribution in [0.3, 0.4) is 0 Å². The zero-order valence-electron chi connectivity index (χ0n) is 16.7. The number of nitrogens with one attached hydrogen (secondary N) is 2. The van der Waals surface area contributed by atoms with Gasteiger partial charge in [0.05, 0.1) is 17.3 Å². The third-order valence-electron chi connectivity index (χ3n) is 4.40. The Morgan fingerprint density at radius 3 is 2.38 bits per heavy atom. The highest BCUT2D eigenvalue weighted by Gasteiger charge is 2.17. The Kier molecular flexibility index (Phi) is 5.98. The average Bonchev–Trinajstić information content (AvgIpc) is 3.04. The van der Waals surface area contributed by atoms with Crippen LogP contribution in [0, 0.1) is 27.7 Å². The number of carbonyl (C=O) groups is 2. The number of para-hydroxylation sites is 1. The molecule has 0 unspecified atom stereocenters. The topological polar surface area (TPSA) is 88.9 Å². The fourth-order valence-corrected chi connectivity index (χ4v) is 3.35. The highest BCUT2D eigenvalue weighted by atomic mass is 35.5. The minimum atomic E-state index is -0.536. The number of rotatable bonds is 5. The van der Waals surface area contributed by atoms with E-state index < -0.39 is 5.91 Å². The van der Waals surface area contributed by atoms with Gasteiger partial charge in [-0.25, -0.2) is 9.67 Å². The van der Waals surface area contributed by atoms with Crippen LogP contribution in [0.15, 0.2) is 36.4 Å². The van der Waals surface area contributed by atoms with Crippen molar-refractivity contribution in [2.24, 2.45) is 0 Å². The van der Waals surface area contributed by atoms with E-state index in [0.717, 1.165) is 22.4 Å². The standard InChI is InChI=1S/C21H22ClN5O2/c1-12-9-13(2)19(14(3)10-12)25-18(28)11-23-21(29)20-24-15(4)27(26-20)17-8-6-5-7-16(17)22/h5-10H,11H2,1-4H3,(H,23,29)(H,25,28). The third-order valence-corrected chi connectivity index (χ3v) is 4.72. The third kappa shape index (κ3) is 4.63. The summed E-state index contributed by atoms with van der Waals surface area (Å²) in [6.07, 6.45) is 0. The zero-order chi connectivity index (χ0) is 21.1. The van der Waals surface area contributed by atoms with Crippen molar-refractivity contribution in [1.29, 1.82) is 0 Å². The summed E-state index contributed by atoms with van der Waals surface area (Å²) in [7, 11) is 0. The number of benzene rings is 2. The molecule has 3 aromatic rings. The van der Waals surface area contributed by atoms with Crippen molar-refractivity contribution >= 4 is 29.1 Å². The molecule has 1 heterocycles. The maximum atomic E-state index is 12.4. The van der Waals surface area contributed by atoms with Gasteiger partial charge in [-0.1, -0.05) is 41.4 Å². The number of hydrogen-bond acceptors (Lipinski definition) is 4. The molecule has 0 saturated carbocycles. The number of carbonyl (C=O) groups excluding carboxylic acids is 2. The molecule has 0 bridgehead atoms. The van der Waals surface area contributed by atoms with E-state index in [4.69, 9.17) is 11.6 Å². The summed E-state index contributed by atoms with van der Waals surface area (Å²) in [4.78, 5) is 28.9. The number of halogens is 1. The van der Waals surface area contributed by atoms with E-state index in [1.807, 2.05) is 45.0 Å². The lowest BCUT2D eigenvalue weighted by atomic mass is 10.1. The van der Waals surface area contributed by atoms with Crippen LogP contribution >= 0.6 is 11.6 Å². The van der Waals surface area contributed by atoms with Gasteiger partial charge in [-0.3, -0.25) is 9.59 Å². The van der Waals surface area contributed by atoms with Gasteiger partial charge in [0, 0.05) is 5.69 Å². The van der Waals surface area contributed by atoms with Crippen molar-refractivity contribution in [2.75, 3.05) is 11.9 Å². The van der Waals surface area contributed by atoms with Crippen molar-refractivity contribution < 1.29 is 9.59 Å². The molecule has 3 rings (SSSR count). The molecule has 2 aromatic carbocycles. The van der Waals surface area contributed by atoms with Crippen LogP contribution in [0.1, 0.15) is 33.1 Å². The van der Waals surface area contributed by atoms with Crippen molar-refractivity contribution in [3.8, 4) is 5.69 Å². The predicted octanol–water partition coefficient (Wildman–Crippen LogP) is 3.52. The van der Waals surface area contributed by atoms with Gasteiger partial charge in [0.2, 0.25) is 11.7 Å². The molecule has 29 heavy (non-hydrogen) atoms. The number of anilines is 1. The number of hydrogen-bond donors (Lipinski definition) is 2. The first-order valence-corrected chi connectivity index (χ1v) is 9.48. The molecule has 0 aliphatic rings. The largest absolute Gasteiger partial charge is 0.340 e. The molecule has 0 saturated heterocycles. The molecule has 1 aromatic heterocycles. The first-order chi connectivity index (χ1) is 13.8. The van der Waals surface area contributed by atoms with Crippen LogP contribution in [0.4, 0.5) is 5.69 Å². The van der Waals surface area contributed by atoms with Gasteiger partial charge in [-0.05, 0) is 51.0 Å². The number of aromatic nitrogens is 3. The van der Waals surface area contributed by atoms with Gasteiger partial charge in [0.15, 0.2) is 0 Å². The lowest BCUT2D eigenvalue weighted by Gasteiger charge is -2.13. The summed E-state index contributed by atoms with van der Waals surface area (Å²) in [5.41, 5.74) is 4.45. The molecule has 0 fully saturated rings. The van der Waals surface area contributed by atoms with Gasteiger partial charge < -0.3 is 10.6 Å². The summed E-state index contributed by atoms with van der Waals surface area (Å²) in [5.74, 6) is -0.376. The molecule has 7 nitrogen and oxygen atoms in total. The SMILES string of the molecule is Cc1cc(C)c(NC(=O)CNC(=O)c2nc(C)n(-c3ccccc3Cl)n2)c(C)c1. The second-order valence-corrected chi connectivity index (χ2v) is 7.26. The van der Waals surface area contributed by atoms with Crippen molar-refractivity contribution in [3.05, 3.63) is 69.8 Å². The van der Waals surface area contributed by atoms with E-state index in [-0.39, 0.29) is 18.3 Å². The zero-order valence-corrected chi connectivity index (χ0v) is 17.5. The Morgan fingerprint density at radius 1 is 1.07 bits per heavy atom. The second-order valence-electron chi connectivity index (χ2n) is 6.85. The summed E-state index contributed by atoms with van der Waals surface area (Å²) in [6.45, 7) is 7.40. The first-order valence-electron chi connectivity index (χ1n) is 9.10. The quantitative estimate of drug-likeness (QED) is 0.672. The first kappa shape index (κ1) is 20.5. The highest BCUT2D eigenvalue weighted by molar-refractivity contribution is 6.32. The van der Waals surface area contributed by atoms with Crippen molar-refractivity contribution in [2.45, 2.75) is 27.7 Å². The Balaban J connectivity index is 1.67. The van der Waals surface area contributed by atoms with Crippen LogP contribution in [-0.2, 0) is 4.79 Å². The van der Waals surface area contributed by atoms with Gasteiger partial charge in [-0.15, -0.1) is 5.10 Å². The van der Waals surface area contributed by atoms with E-state index in [0.29, 0.717) is 16.5 Å². The minimum Gasteiger partial charge on any atom is -0.340 e. The molecule has 150 valence electrons. The maximum Gasteiger partial charge on any atom is 0.291 e. The second kappa shape index (κ2) is 8.45. The number of nitrogens with zero attached hydrogens (tertiary/aromatic N) is 3. The smallest absolute Gasteiger partial charge is 0.291 e. The monoisotopic (exact) mass is 411 g/mol. The Hall–Kier alpha value is -3.19. The highest BCUT2D eigenvalue weighted by Crippen LogP contribution is 2.22. The average molecular weight is 412 g/mol. The van der Waals surface area contributed by atoms with Crippen LogP contribution < -0.4 is 10.6 Å². The van der Waals surface area contributed by atoms with Crippen LogP contribution in [0.2, 0.25) is 5.02 Å². The number of aryl methyl sites for hydroxylation is 4. The van der Waals surface area contributed by atoms with Crippen LogP contribution in [0.5, 0.6) is 0 Å². The van der Waals surface area contributed by atoms with E-state index in [9.17, 15) is 9.59 Å². The Labute approximate surface area is 174 Å². The molecule has 2 N–H and O–H groups in total. The molecule has 2 amide bonds. The van der Waals surface area contributed by atoms with Crippen molar-refractivity contribution in [1.82, 2.24) is 20.1 Å². The fourth-order valence-electron chi connectivity index (χ4n) is 3.14. The maximum absolute atomic E-state index is 12.4. The van der Waals surface area contributed by atoms with Gasteiger partial charge >= 0.3 is 0 Å². The Morgan fingerprint density at radius 2 is 1.72 bits per heavy atom. The lowest BCUT2D eigenvalue weighted by Crippen LogP contribution is -2.33. The van der Waals surface area contributed by atoms with E-state index >= 15 is 0 Å². The van der Waals surface area contributed by atoms with E-state index in [1.54, 1.807) is 19.1 Å². The molecule has 8 heteroatoms. The minimum absolute atomic E-state index is 0.0297. The summed E-state index contributed by atoms with van der Waals surface area (Å²) >= 11 is 6.19. The van der Waals surface area contributed by atoms with Gasteiger partial charge in [0.25, 0.3) is 5.91 Å². The summed E-state index contributed by atoms with van der Waals surface area (Å²) in [5, 5.41) is 10.1. The summed E-state index contributed by atoms with van der Waals surface area (Å²) < 4.78 is 1.50. The fraction of sp³-hybridized carbons (Fsp3) is 0.238. The van der Waals surface area contributed by atoms with Crippen LogP contribution in [0.25, 0.3) is 5.69 Å². The predicted molar refractivity (Wildman–Crippen MR) is 113 cm³/mol. The number of amides is 2. The normalized spacial score (nSPS) is 10.7. The van der Waals surface area contributed by atoms with Gasteiger partial charge in [0.1, 0.15) is 5.82 Å². The molecular formula is C21H22ClN5O2. The summed E-state index contributed by atoms with van der Waals surface area (Å²) in [6, 6.07) is 11.1. The lowest BCUT2D eigenvalue weighted by molar-refractivity contribution is -0.115. The van der Waals surface area contributed by atoms with Crippen molar-refractivity contribution in [3.63, 3.8) is 0 Å².